The van der Waals surface area contributed by atoms with E-state index in [0.29, 0.717) is 24.1 Å². The maximum atomic E-state index is 13.1. The lowest BCUT2D eigenvalue weighted by molar-refractivity contribution is 0.412. The number of nitrogens with one attached hydrogen (secondary N) is 1. The molecule has 0 spiro atoms. The highest BCUT2D eigenvalue weighted by atomic mass is 127. The van der Waals surface area contributed by atoms with Crippen molar-refractivity contribution in [1.29, 1.82) is 0 Å². The molecule has 0 heterocycles. The molecular formula is C15H23FIN3. The Morgan fingerprint density at radius 3 is 2.70 bits per heavy atom. The maximum absolute atomic E-state index is 13.1. The molecule has 3 nitrogen and oxygen atoms in total. The molecule has 2 rings (SSSR count). The summed E-state index contributed by atoms with van der Waals surface area (Å²) in [5, 5.41) is 3.27. The van der Waals surface area contributed by atoms with Crippen LogP contribution >= 0.6 is 24.0 Å². The summed E-state index contributed by atoms with van der Waals surface area (Å²) in [7, 11) is 0. The lowest BCUT2D eigenvalue weighted by Crippen LogP contribution is -2.41. The van der Waals surface area contributed by atoms with Crippen LogP contribution in [0.25, 0.3) is 0 Å². The van der Waals surface area contributed by atoms with Crippen LogP contribution in [0, 0.1) is 12.7 Å². The molecule has 1 aromatic rings. The Labute approximate surface area is 137 Å². The van der Waals surface area contributed by atoms with E-state index in [9.17, 15) is 4.39 Å². The zero-order valence-corrected chi connectivity index (χ0v) is 14.2. The minimum Gasteiger partial charge on any atom is -0.370 e. The van der Waals surface area contributed by atoms with Crippen LogP contribution in [0.5, 0.6) is 0 Å². The predicted molar refractivity (Wildman–Crippen MR) is 91.9 cm³/mol. The first kappa shape index (κ1) is 17.2. The molecule has 5 heteroatoms. The number of hydrogen-bond donors (Lipinski definition) is 2. The second-order valence-corrected chi connectivity index (χ2v) is 5.26. The van der Waals surface area contributed by atoms with E-state index in [2.05, 4.69) is 10.3 Å². The van der Waals surface area contributed by atoms with E-state index in [1.54, 1.807) is 13.0 Å². The molecule has 0 atom stereocenters. The van der Waals surface area contributed by atoms with Gasteiger partial charge in [0.05, 0.1) is 6.54 Å². The molecule has 1 aliphatic carbocycles. The van der Waals surface area contributed by atoms with Gasteiger partial charge in [-0.05, 0) is 37.0 Å². The molecule has 1 aliphatic rings. The molecule has 0 bridgehead atoms. The Bertz CT molecular complexity index is 456. The Kier molecular flexibility index (Phi) is 7.26. The monoisotopic (exact) mass is 391 g/mol. The van der Waals surface area contributed by atoms with Gasteiger partial charge >= 0.3 is 0 Å². The number of hydrogen-bond acceptors (Lipinski definition) is 1. The molecule has 0 aromatic heterocycles. The standard InChI is InChI=1S/C15H22FN3.HI/c1-11-9-12(7-8-14(11)16)10-18-15(17)19-13-5-3-2-4-6-13;/h7-9,13H,2-6,10H2,1H3,(H3,17,18,19);1H. The van der Waals surface area contributed by atoms with E-state index in [1.807, 2.05) is 6.07 Å². The summed E-state index contributed by atoms with van der Waals surface area (Å²) in [5.41, 5.74) is 7.51. The Morgan fingerprint density at radius 2 is 2.05 bits per heavy atom. The number of rotatable bonds is 3. The van der Waals surface area contributed by atoms with Crippen molar-refractivity contribution < 1.29 is 4.39 Å². The number of nitrogens with two attached hydrogens (primary N) is 1. The van der Waals surface area contributed by atoms with E-state index in [-0.39, 0.29) is 29.8 Å². The van der Waals surface area contributed by atoms with Gasteiger partial charge in [-0.25, -0.2) is 9.38 Å². The van der Waals surface area contributed by atoms with Gasteiger partial charge in [0.2, 0.25) is 0 Å². The molecule has 112 valence electrons. The first-order valence-corrected chi connectivity index (χ1v) is 6.96. The van der Waals surface area contributed by atoms with Crippen molar-refractivity contribution in [2.45, 2.75) is 51.6 Å². The van der Waals surface area contributed by atoms with Gasteiger partial charge < -0.3 is 11.1 Å². The summed E-state index contributed by atoms with van der Waals surface area (Å²) in [6.45, 7) is 2.25. The third kappa shape index (κ3) is 5.26. The van der Waals surface area contributed by atoms with Gasteiger partial charge in [0.15, 0.2) is 5.96 Å². The fourth-order valence-electron chi connectivity index (χ4n) is 2.48. The molecule has 1 fully saturated rings. The van der Waals surface area contributed by atoms with Gasteiger partial charge in [0, 0.05) is 6.04 Å². The zero-order chi connectivity index (χ0) is 13.7. The van der Waals surface area contributed by atoms with Crippen LogP contribution in [0.4, 0.5) is 4.39 Å². The van der Waals surface area contributed by atoms with E-state index >= 15 is 0 Å². The Balaban J connectivity index is 0.00000200. The number of nitrogens with zero attached hydrogens (tertiary/aromatic N) is 1. The lowest BCUT2D eigenvalue weighted by Gasteiger charge is -2.23. The third-order valence-corrected chi connectivity index (χ3v) is 3.61. The number of halogens is 2. The van der Waals surface area contributed by atoms with Crippen molar-refractivity contribution >= 4 is 29.9 Å². The highest BCUT2D eigenvalue weighted by Gasteiger charge is 2.13. The smallest absolute Gasteiger partial charge is 0.189 e. The molecule has 0 saturated heterocycles. The Hall–Kier alpha value is -0.850. The molecule has 1 saturated carbocycles. The maximum Gasteiger partial charge on any atom is 0.189 e. The average molecular weight is 391 g/mol. The van der Waals surface area contributed by atoms with Crippen LogP contribution in [0.15, 0.2) is 23.2 Å². The van der Waals surface area contributed by atoms with Crippen LogP contribution in [-0.2, 0) is 6.54 Å². The zero-order valence-electron chi connectivity index (χ0n) is 11.9. The van der Waals surface area contributed by atoms with Crippen LogP contribution in [0.3, 0.4) is 0 Å². The van der Waals surface area contributed by atoms with Crippen molar-refractivity contribution in [2.75, 3.05) is 0 Å². The van der Waals surface area contributed by atoms with Gasteiger partial charge in [-0.2, -0.15) is 0 Å². The second-order valence-electron chi connectivity index (χ2n) is 5.26. The molecule has 20 heavy (non-hydrogen) atoms. The van der Waals surface area contributed by atoms with Gasteiger partial charge in [-0.3, -0.25) is 0 Å². The normalized spacial score (nSPS) is 16.6. The van der Waals surface area contributed by atoms with Crippen LogP contribution in [0.2, 0.25) is 0 Å². The van der Waals surface area contributed by atoms with E-state index in [1.165, 1.54) is 38.2 Å². The van der Waals surface area contributed by atoms with Gasteiger partial charge in [-0.1, -0.05) is 31.4 Å². The summed E-state index contributed by atoms with van der Waals surface area (Å²) >= 11 is 0. The average Bonchev–Trinajstić information content (AvgIpc) is 2.41. The molecule has 0 aliphatic heterocycles. The van der Waals surface area contributed by atoms with E-state index in [0.717, 1.165) is 5.56 Å². The first-order valence-electron chi connectivity index (χ1n) is 6.96. The highest BCUT2D eigenvalue weighted by molar-refractivity contribution is 14.0. The van der Waals surface area contributed by atoms with Crippen LogP contribution in [-0.4, -0.2) is 12.0 Å². The minimum atomic E-state index is -0.180. The fourth-order valence-corrected chi connectivity index (χ4v) is 2.48. The highest BCUT2D eigenvalue weighted by Crippen LogP contribution is 2.17. The quantitative estimate of drug-likeness (QED) is 0.471. The van der Waals surface area contributed by atoms with Crippen molar-refractivity contribution in [2.24, 2.45) is 10.7 Å². The third-order valence-electron chi connectivity index (χ3n) is 3.61. The van der Waals surface area contributed by atoms with Crippen molar-refractivity contribution in [3.8, 4) is 0 Å². The van der Waals surface area contributed by atoms with Gasteiger partial charge in [-0.15, -0.1) is 24.0 Å². The van der Waals surface area contributed by atoms with Crippen LogP contribution < -0.4 is 11.1 Å². The number of aryl methyl sites for hydroxylation is 1. The Morgan fingerprint density at radius 1 is 1.35 bits per heavy atom. The molecule has 0 radical (unpaired) electrons. The van der Waals surface area contributed by atoms with E-state index in [4.69, 9.17) is 5.73 Å². The summed E-state index contributed by atoms with van der Waals surface area (Å²) in [6.07, 6.45) is 6.20. The molecule has 1 aromatic carbocycles. The van der Waals surface area contributed by atoms with Crippen molar-refractivity contribution in [3.63, 3.8) is 0 Å². The largest absolute Gasteiger partial charge is 0.370 e. The van der Waals surface area contributed by atoms with E-state index < -0.39 is 0 Å². The number of benzene rings is 1. The summed E-state index contributed by atoms with van der Waals surface area (Å²) < 4.78 is 13.1. The molecule has 0 amide bonds. The van der Waals surface area contributed by atoms with Gasteiger partial charge in [0.1, 0.15) is 5.82 Å². The summed E-state index contributed by atoms with van der Waals surface area (Å²) in [4.78, 5) is 4.32. The summed E-state index contributed by atoms with van der Waals surface area (Å²) in [6, 6.07) is 5.50. The SMILES string of the molecule is Cc1cc(CN=C(N)NC2CCCCC2)ccc1F.I. The lowest BCUT2D eigenvalue weighted by atomic mass is 9.96. The molecule has 3 N–H and O–H groups in total. The topological polar surface area (TPSA) is 50.4 Å². The number of aliphatic imine (C=N–C) groups is 1. The minimum absolute atomic E-state index is 0. The van der Waals surface area contributed by atoms with Crippen molar-refractivity contribution in [1.82, 2.24) is 5.32 Å². The first-order chi connectivity index (χ1) is 9.15. The fraction of sp³-hybridized carbons (Fsp3) is 0.533. The predicted octanol–water partition coefficient (Wildman–Crippen LogP) is 3.49. The van der Waals surface area contributed by atoms with Crippen LogP contribution in [0.1, 0.15) is 43.2 Å². The van der Waals surface area contributed by atoms with Crippen molar-refractivity contribution in [3.05, 3.63) is 35.1 Å². The summed E-state index contributed by atoms with van der Waals surface area (Å²) in [5.74, 6) is 0.315. The number of guanidine groups is 1. The molecule has 0 unspecified atom stereocenters. The second kappa shape index (κ2) is 8.44. The van der Waals surface area contributed by atoms with Gasteiger partial charge in [0.25, 0.3) is 0 Å². The molecular weight excluding hydrogens is 368 g/mol.